The summed E-state index contributed by atoms with van der Waals surface area (Å²) in [5, 5.41) is 0. The van der Waals surface area contributed by atoms with Crippen molar-refractivity contribution in [1.29, 1.82) is 0 Å². The molecule has 2 rings (SSSR count). The summed E-state index contributed by atoms with van der Waals surface area (Å²) in [5.41, 5.74) is 0. The lowest BCUT2D eigenvalue weighted by molar-refractivity contribution is -0.137. The molecule has 0 aromatic carbocycles. The number of aldehydes is 1. The van der Waals surface area contributed by atoms with Crippen LogP contribution in [0.15, 0.2) is 0 Å². The van der Waals surface area contributed by atoms with Crippen LogP contribution in [0.3, 0.4) is 0 Å². The molecule has 1 amide bonds. The summed E-state index contributed by atoms with van der Waals surface area (Å²) in [4.78, 5) is 26.8. The van der Waals surface area contributed by atoms with E-state index in [0.717, 1.165) is 32.1 Å². The van der Waals surface area contributed by atoms with E-state index in [4.69, 9.17) is 4.74 Å². The number of carbonyl (C=O) groups excluding carboxylic acids is 2. The second kappa shape index (κ2) is 6.12. The lowest BCUT2D eigenvalue weighted by Gasteiger charge is -2.34. The Labute approximate surface area is 102 Å². The third kappa shape index (κ3) is 3.26. The summed E-state index contributed by atoms with van der Waals surface area (Å²) in [5.74, 6) is 0.127. The fourth-order valence-corrected chi connectivity index (χ4v) is 2.45. The summed E-state index contributed by atoms with van der Waals surface area (Å²) in [6, 6.07) is -0.0614. The van der Waals surface area contributed by atoms with Crippen LogP contribution in [0, 0.1) is 0 Å². The molecule has 0 aliphatic carbocycles. The van der Waals surface area contributed by atoms with Crippen LogP contribution in [-0.2, 0) is 14.3 Å². The maximum atomic E-state index is 12.0. The van der Waals surface area contributed by atoms with Gasteiger partial charge in [-0.3, -0.25) is 9.69 Å². The second-order valence-electron chi connectivity index (χ2n) is 4.66. The Kier molecular flexibility index (Phi) is 4.50. The number of ether oxygens (including phenoxy) is 1. The zero-order valence-corrected chi connectivity index (χ0v) is 10.1. The van der Waals surface area contributed by atoms with E-state index in [2.05, 4.69) is 0 Å². The van der Waals surface area contributed by atoms with Crippen LogP contribution in [0.4, 0.5) is 0 Å². The molecule has 0 aromatic rings. The first-order valence-electron chi connectivity index (χ1n) is 6.36. The lowest BCUT2D eigenvalue weighted by Crippen LogP contribution is -2.49. The predicted molar refractivity (Wildman–Crippen MR) is 62.7 cm³/mol. The van der Waals surface area contributed by atoms with Crippen LogP contribution in [0.5, 0.6) is 0 Å². The summed E-state index contributed by atoms with van der Waals surface area (Å²) in [7, 11) is 0. The van der Waals surface area contributed by atoms with Gasteiger partial charge in [0.25, 0.3) is 0 Å². The third-order valence-electron chi connectivity index (χ3n) is 3.52. The quantitative estimate of drug-likeness (QED) is 0.646. The van der Waals surface area contributed by atoms with Crippen LogP contribution in [0.1, 0.15) is 19.3 Å². The van der Waals surface area contributed by atoms with Gasteiger partial charge in [0.2, 0.25) is 5.91 Å². The monoisotopic (exact) mass is 240 g/mol. The molecule has 2 fully saturated rings. The summed E-state index contributed by atoms with van der Waals surface area (Å²) in [6.07, 6.45) is 4.04. The van der Waals surface area contributed by atoms with E-state index in [1.807, 2.05) is 9.80 Å². The molecule has 0 radical (unpaired) electrons. The van der Waals surface area contributed by atoms with E-state index >= 15 is 0 Å². The molecule has 2 aliphatic heterocycles. The molecule has 1 unspecified atom stereocenters. The Balaban J connectivity index is 1.85. The number of nitrogens with zero attached hydrogens (tertiary/aromatic N) is 2. The minimum absolute atomic E-state index is 0.0614. The van der Waals surface area contributed by atoms with Crippen molar-refractivity contribution >= 4 is 12.2 Å². The van der Waals surface area contributed by atoms with Crippen LogP contribution < -0.4 is 0 Å². The van der Waals surface area contributed by atoms with Gasteiger partial charge in [-0.2, -0.15) is 0 Å². The van der Waals surface area contributed by atoms with Crippen molar-refractivity contribution in [1.82, 2.24) is 9.80 Å². The fraction of sp³-hybridized carbons (Fsp3) is 0.833. The van der Waals surface area contributed by atoms with E-state index in [0.29, 0.717) is 32.8 Å². The molecule has 2 saturated heterocycles. The number of rotatable bonds is 3. The maximum Gasteiger partial charge on any atom is 0.236 e. The Morgan fingerprint density at radius 3 is 2.71 bits per heavy atom. The Hall–Kier alpha value is -0.940. The van der Waals surface area contributed by atoms with Crippen molar-refractivity contribution < 1.29 is 14.3 Å². The molecule has 17 heavy (non-hydrogen) atoms. The second-order valence-corrected chi connectivity index (χ2v) is 4.66. The number of hydrogen-bond donors (Lipinski definition) is 0. The summed E-state index contributed by atoms with van der Waals surface area (Å²) < 4.78 is 5.22. The van der Waals surface area contributed by atoms with Gasteiger partial charge in [-0.1, -0.05) is 6.42 Å². The van der Waals surface area contributed by atoms with Crippen molar-refractivity contribution in [2.24, 2.45) is 0 Å². The van der Waals surface area contributed by atoms with Gasteiger partial charge in [0, 0.05) is 13.1 Å². The van der Waals surface area contributed by atoms with Gasteiger partial charge in [0.05, 0.1) is 25.8 Å². The molecule has 0 saturated carbocycles. The Morgan fingerprint density at radius 2 is 2.00 bits per heavy atom. The Bertz CT molecular complexity index is 277. The third-order valence-corrected chi connectivity index (χ3v) is 3.52. The predicted octanol–water partition coefficient (Wildman–Crippen LogP) is -0.101. The number of likely N-dealkylation sites (tertiary alicyclic amines) is 1. The highest BCUT2D eigenvalue weighted by atomic mass is 16.5. The standard InChI is InChI=1S/C12H20N2O3/c15-10-11-3-1-2-4-14(11)9-12(16)13-5-7-17-8-6-13/h10-11H,1-9H2. The lowest BCUT2D eigenvalue weighted by atomic mass is 10.0. The number of piperidine rings is 1. The van der Waals surface area contributed by atoms with Gasteiger partial charge in [-0.25, -0.2) is 0 Å². The van der Waals surface area contributed by atoms with Gasteiger partial charge in [0.15, 0.2) is 0 Å². The first-order chi connectivity index (χ1) is 8.31. The summed E-state index contributed by atoms with van der Waals surface area (Å²) >= 11 is 0. The molecule has 0 spiro atoms. The van der Waals surface area contributed by atoms with Crippen molar-refractivity contribution in [3.05, 3.63) is 0 Å². The molecular formula is C12H20N2O3. The smallest absolute Gasteiger partial charge is 0.236 e. The minimum Gasteiger partial charge on any atom is -0.378 e. The molecule has 0 bridgehead atoms. The van der Waals surface area contributed by atoms with Crippen molar-refractivity contribution in [3.8, 4) is 0 Å². The van der Waals surface area contributed by atoms with Crippen molar-refractivity contribution in [2.75, 3.05) is 39.4 Å². The number of morpholine rings is 1. The molecule has 2 heterocycles. The maximum absolute atomic E-state index is 12.0. The molecule has 0 aromatic heterocycles. The first kappa shape index (κ1) is 12.5. The summed E-state index contributed by atoms with van der Waals surface area (Å²) in [6.45, 7) is 3.85. The van der Waals surface area contributed by atoms with E-state index in [1.165, 1.54) is 0 Å². The van der Waals surface area contributed by atoms with E-state index in [1.54, 1.807) is 0 Å². The molecule has 5 heteroatoms. The molecule has 2 aliphatic rings. The van der Waals surface area contributed by atoms with Crippen LogP contribution in [0.2, 0.25) is 0 Å². The van der Waals surface area contributed by atoms with E-state index in [-0.39, 0.29) is 11.9 Å². The SMILES string of the molecule is O=CC1CCCCN1CC(=O)N1CCOCC1. The molecule has 96 valence electrons. The highest BCUT2D eigenvalue weighted by Crippen LogP contribution is 2.15. The van der Waals surface area contributed by atoms with Crippen LogP contribution in [0.25, 0.3) is 0 Å². The average molecular weight is 240 g/mol. The van der Waals surface area contributed by atoms with E-state index in [9.17, 15) is 9.59 Å². The normalized spacial score (nSPS) is 26.8. The van der Waals surface area contributed by atoms with Crippen molar-refractivity contribution in [3.63, 3.8) is 0 Å². The zero-order valence-electron chi connectivity index (χ0n) is 10.1. The van der Waals surface area contributed by atoms with Crippen LogP contribution >= 0.6 is 0 Å². The van der Waals surface area contributed by atoms with Crippen molar-refractivity contribution in [2.45, 2.75) is 25.3 Å². The first-order valence-corrected chi connectivity index (χ1v) is 6.36. The molecular weight excluding hydrogens is 220 g/mol. The highest BCUT2D eigenvalue weighted by molar-refractivity contribution is 5.79. The number of amides is 1. The number of hydrogen-bond acceptors (Lipinski definition) is 4. The largest absolute Gasteiger partial charge is 0.378 e. The van der Waals surface area contributed by atoms with Gasteiger partial charge < -0.3 is 14.4 Å². The fourth-order valence-electron chi connectivity index (χ4n) is 2.45. The van der Waals surface area contributed by atoms with Crippen LogP contribution in [-0.4, -0.2) is 67.4 Å². The topological polar surface area (TPSA) is 49.9 Å². The van der Waals surface area contributed by atoms with Gasteiger partial charge in [-0.15, -0.1) is 0 Å². The molecule has 1 atom stereocenters. The minimum atomic E-state index is -0.0614. The molecule has 5 nitrogen and oxygen atoms in total. The van der Waals surface area contributed by atoms with Gasteiger partial charge in [-0.05, 0) is 19.4 Å². The average Bonchev–Trinajstić information content (AvgIpc) is 2.40. The number of carbonyl (C=O) groups is 2. The van der Waals surface area contributed by atoms with E-state index < -0.39 is 0 Å². The highest BCUT2D eigenvalue weighted by Gasteiger charge is 2.26. The molecule has 0 N–H and O–H groups in total. The van der Waals surface area contributed by atoms with Gasteiger partial charge >= 0.3 is 0 Å². The zero-order chi connectivity index (χ0) is 12.1. The Morgan fingerprint density at radius 1 is 1.24 bits per heavy atom. The van der Waals surface area contributed by atoms with Gasteiger partial charge in [0.1, 0.15) is 6.29 Å².